The zero-order valence-corrected chi connectivity index (χ0v) is 19.7. The van der Waals surface area contributed by atoms with E-state index in [1.54, 1.807) is 0 Å². The van der Waals surface area contributed by atoms with Crippen molar-refractivity contribution in [3.63, 3.8) is 0 Å². The van der Waals surface area contributed by atoms with Crippen LogP contribution in [-0.4, -0.2) is 14.5 Å². The number of benzene rings is 2. The number of fused-ring (bicyclic) bond motifs is 2. The molecule has 0 N–H and O–H groups in total. The van der Waals surface area contributed by atoms with Crippen LogP contribution in [0, 0.1) is 0 Å². The maximum absolute atomic E-state index is 5.01. The molecule has 8 heteroatoms. The molecule has 0 radical (unpaired) electrons. The molecule has 4 rings (SSSR count). The monoisotopic (exact) mass is 622 g/mol. The third-order valence-electron chi connectivity index (χ3n) is 3.98. The second kappa shape index (κ2) is 9.11. The Bertz CT molecular complexity index is 1050. The number of nitrogens with zero attached hydrogens (tertiary/aromatic N) is 3. The van der Waals surface area contributed by atoms with Crippen LogP contribution in [0.25, 0.3) is 33.3 Å². The fourth-order valence-electron chi connectivity index (χ4n) is 3.02. The molecule has 0 unspecified atom stereocenters. The predicted molar refractivity (Wildman–Crippen MR) is 114 cm³/mol. The van der Waals surface area contributed by atoms with Crippen LogP contribution in [-0.2, 0) is 18.4 Å². The summed E-state index contributed by atoms with van der Waals surface area (Å²) in [7, 11) is 20.0. The van der Waals surface area contributed by atoms with Crippen molar-refractivity contribution in [1.29, 1.82) is 0 Å². The molecule has 0 spiro atoms. The summed E-state index contributed by atoms with van der Waals surface area (Å²) in [5, 5.41) is 1.15. The van der Waals surface area contributed by atoms with Gasteiger partial charge in [0.2, 0.25) is 0 Å². The molecular weight excluding hydrogens is 607 g/mol. The Balaban J connectivity index is 0.000000376. The van der Waals surface area contributed by atoms with E-state index in [1.807, 2.05) is 18.3 Å². The molecule has 0 aliphatic heterocycles. The molecule has 2 aromatic heterocycles. The average Bonchev–Trinajstić information content (AvgIpc) is 2.99. The number of aromatic nitrogens is 3. The summed E-state index contributed by atoms with van der Waals surface area (Å²) in [4.78, 5) is 9.45. The minimum atomic E-state index is -3.06. The van der Waals surface area contributed by atoms with Crippen molar-refractivity contribution in [2.24, 2.45) is 0 Å². The number of aryl methyl sites for hydroxylation is 1. The first-order valence-electron chi connectivity index (χ1n) is 8.15. The number of rotatable bonds is 3. The molecule has 3 nitrogen and oxygen atoms in total. The Morgan fingerprint density at radius 3 is 2.37 bits per heavy atom. The first-order chi connectivity index (χ1) is 12.9. The van der Waals surface area contributed by atoms with Crippen LogP contribution in [0.5, 0.6) is 0 Å². The quantitative estimate of drug-likeness (QED) is 0.238. The van der Waals surface area contributed by atoms with Gasteiger partial charge in [-0.2, -0.15) is 0 Å². The molecule has 2 heterocycles. The molecule has 0 aliphatic carbocycles. The number of pyridine rings is 1. The zero-order valence-electron chi connectivity index (χ0n) is 14.4. The molecule has 0 fully saturated rings. The summed E-state index contributed by atoms with van der Waals surface area (Å²) in [6.45, 7) is 3.15. The van der Waals surface area contributed by atoms with Crippen molar-refractivity contribution in [3.8, 4) is 11.4 Å². The summed E-state index contributed by atoms with van der Waals surface area (Å²) >= 11 is -3.06. The van der Waals surface area contributed by atoms with Gasteiger partial charge in [0.25, 0.3) is 0 Å². The van der Waals surface area contributed by atoms with E-state index >= 15 is 0 Å². The molecular formula is C19H17Cl4N3Pt. The first kappa shape index (κ1) is 20.9. The van der Waals surface area contributed by atoms with Crippen molar-refractivity contribution in [2.45, 2.75) is 19.9 Å². The Morgan fingerprint density at radius 1 is 0.926 bits per heavy atom. The fourth-order valence-corrected chi connectivity index (χ4v) is 3.02. The van der Waals surface area contributed by atoms with Gasteiger partial charge in [0, 0.05) is 23.7 Å². The predicted octanol–water partition coefficient (Wildman–Crippen LogP) is 7.42. The third-order valence-corrected chi connectivity index (χ3v) is 3.98. The van der Waals surface area contributed by atoms with E-state index in [2.05, 4.69) is 58.9 Å². The Hall–Kier alpha value is -0.832. The molecule has 0 saturated carbocycles. The van der Waals surface area contributed by atoms with Gasteiger partial charge < -0.3 is 4.57 Å². The minimum absolute atomic E-state index is 0.957. The molecule has 2 aromatic carbocycles. The van der Waals surface area contributed by atoms with Crippen molar-refractivity contribution in [1.82, 2.24) is 14.5 Å². The SMILES string of the molecule is CCCn1c(-c2cccc3cccnc23)nc2ccccc21.[Cl][Pt]([Cl])([Cl])[Cl]. The fraction of sp³-hybridized carbons (Fsp3) is 0.158. The molecule has 146 valence electrons. The van der Waals surface area contributed by atoms with Crippen LogP contribution in [0.15, 0.2) is 60.8 Å². The molecule has 27 heavy (non-hydrogen) atoms. The van der Waals surface area contributed by atoms with E-state index in [0.29, 0.717) is 0 Å². The maximum atomic E-state index is 5.01. The summed E-state index contributed by atoms with van der Waals surface area (Å²) in [5.41, 5.74) is 4.34. The Labute approximate surface area is 177 Å². The third kappa shape index (κ3) is 5.37. The van der Waals surface area contributed by atoms with Crippen LogP contribution in [0.3, 0.4) is 0 Å². The van der Waals surface area contributed by atoms with Gasteiger partial charge in [-0.1, -0.05) is 37.3 Å². The summed E-state index contributed by atoms with van der Waals surface area (Å²) < 4.78 is 2.30. The van der Waals surface area contributed by atoms with Gasteiger partial charge in [0.05, 0.1) is 16.6 Å². The van der Waals surface area contributed by atoms with E-state index < -0.39 is 11.9 Å². The Kier molecular flexibility index (Phi) is 7.05. The van der Waals surface area contributed by atoms with E-state index in [-0.39, 0.29) is 0 Å². The van der Waals surface area contributed by atoms with Crippen molar-refractivity contribution in [2.75, 3.05) is 0 Å². The van der Waals surface area contributed by atoms with Crippen molar-refractivity contribution >= 4 is 59.6 Å². The van der Waals surface area contributed by atoms with Crippen LogP contribution >= 0.6 is 37.7 Å². The van der Waals surface area contributed by atoms with E-state index in [9.17, 15) is 0 Å². The zero-order chi connectivity index (χ0) is 19.4. The van der Waals surface area contributed by atoms with Crippen molar-refractivity contribution < 1.29 is 11.9 Å². The standard InChI is InChI=1S/C19H17N3.4ClH.Pt/c1-2-13-22-17-11-4-3-10-16(17)21-19(22)15-9-5-7-14-8-6-12-20-18(14)15;;;;;/h3-12H,2,13H2,1H3;4*1H;/q;;;;;+4/p-4. The van der Waals surface area contributed by atoms with E-state index in [1.165, 1.54) is 5.52 Å². The number of hydrogen-bond donors (Lipinski definition) is 0. The summed E-state index contributed by atoms with van der Waals surface area (Å²) in [6, 6.07) is 18.7. The molecule has 0 atom stereocenters. The van der Waals surface area contributed by atoms with Gasteiger partial charge >= 0.3 is 49.6 Å². The van der Waals surface area contributed by atoms with Crippen LogP contribution in [0.1, 0.15) is 13.3 Å². The summed E-state index contributed by atoms with van der Waals surface area (Å²) in [6.07, 6.45) is 2.92. The van der Waals surface area contributed by atoms with Crippen LogP contribution in [0.4, 0.5) is 0 Å². The summed E-state index contributed by atoms with van der Waals surface area (Å²) in [5.74, 6) is 1.01. The van der Waals surface area contributed by atoms with Crippen LogP contribution < -0.4 is 0 Å². The van der Waals surface area contributed by atoms with Gasteiger partial charge in [-0.25, -0.2) is 4.98 Å². The topological polar surface area (TPSA) is 30.7 Å². The molecule has 0 bridgehead atoms. The number of imidazole rings is 1. The van der Waals surface area contributed by atoms with Gasteiger partial charge in [0.1, 0.15) is 5.82 Å². The number of para-hydroxylation sites is 3. The van der Waals surface area contributed by atoms with Crippen LogP contribution in [0.2, 0.25) is 0 Å². The first-order valence-corrected chi connectivity index (χ1v) is 19.4. The number of hydrogen-bond acceptors (Lipinski definition) is 2. The van der Waals surface area contributed by atoms with Gasteiger partial charge in [0.15, 0.2) is 0 Å². The number of halogens is 4. The van der Waals surface area contributed by atoms with Crippen molar-refractivity contribution in [3.05, 3.63) is 60.8 Å². The normalized spacial score (nSPS) is 12.0. The van der Waals surface area contributed by atoms with Gasteiger partial charge in [-0.3, -0.25) is 4.98 Å². The Morgan fingerprint density at radius 2 is 1.63 bits per heavy atom. The molecule has 0 aliphatic rings. The second-order valence-electron chi connectivity index (χ2n) is 5.73. The second-order valence-corrected chi connectivity index (χ2v) is 25.4. The molecule has 4 aromatic rings. The van der Waals surface area contributed by atoms with Gasteiger partial charge in [-0.05, 0) is 30.7 Å². The van der Waals surface area contributed by atoms with Gasteiger partial charge in [-0.15, -0.1) is 0 Å². The molecule has 0 amide bonds. The van der Waals surface area contributed by atoms with E-state index in [0.717, 1.165) is 40.8 Å². The van der Waals surface area contributed by atoms with E-state index in [4.69, 9.17) is 42.7 Å². The molecule has 0 saturated heterocycles. The average molecular weight is 624 g/mol.